The number of hydrogen-bond acceptors (Lipinski definition) is 1. The predicted octanol–water partition coefficient (Wildman–Crippen LogP) is 5.74. The van der Waals surface area contributed by atoms with Crippen LogP contribution < -0.4 is 5.73 Å². The summed E-state index contributed by atoms with van der Waals surface area (Å²) >= 11 is 3.08. The maximum absolute atomic E-state index is 13.8. The first kappa shape index (κ1) is 18.6. The Morgan fingerprint density at radius 2 is 1.67 bits per heavy atom. The van der Waals surface area contributed by atoms with Crippen LogP contribution in [0.15, 0.2) is 16.6 Å². The third-order valence-corrected chi connectivity index (χ3v) is 4.40. The molecule has 0 amide bonds. The van der Waals surface area contributed by atoms with Gasteiger partial charge < -0.3 is 5.73 Å². The highest BCUT2D eigenvalue weighted by Gasteiger charge is 2.15. The van der Waals surface area contributed by atoms with Crippen LogP contribution in [0.2, 0.25) is 0 Å². The van der Waals surface area contributed by atoms with Crippen LogP contribution >= 0.6 is 15.9 Å². The van der Waals surface area contributed by atoms with Crippen LogP contribution in [0.3, 0.4) is 0 Å². The first-order valence-corrected chi connectivity index (χ1v) is 8.73. The molecule has 0 aliphatic heterocycles. The first-order valence-electron chi connectivity index (χ1n) is 7.94. The van der Waals surface area contributed by atoms with Gasteiger partial charge in [-0.15, -0.1) is 0 Å². The minimum absolute atomic E-state index is 0.0971. The fourth-order valence-electron chi connectivity index (χ4n) is 2.48. The number of hydrogen-bond donors (Lipinski definition) is 1. The average molecular weight is 362 g/mol. The van der Waals surface area contributed by atoms with Crippen molar-refractivity contribution in [2.45, 2.75) is 70.8 Å². The van der Waals surface area contributed by atoms with E-state index in [0.29, 0.717) is 4.47 Å². The van der Waals surface area contributed by atoms with Crippen molar-refractivity contribution < 1.29 is 8.78 Å². The monoisotopic (exact) mass is 361 g/mol. The molecule has 1 atom stereocenters. The highest BCUT2D eigenvalue weighted by atomic mass is 79.9. The molecule has 1 unspecified atom stereocenters. The van der Waals surface area contributed by atoms with Crippen LogP contribution in [0.5, 0.6) is 0 Å². The second kappa shape index (κ2) is 10.3. The van der Waals surface area contributed by atoms with Crippen LogP contribution in [-0.4, -0.2) is 6.04 Å². The van der Waals surface area contributed by atoms with Gasteiger partial charge in [0.1, 0.15) is 11.6 Å². The molecule has 21 heavy (non-hydrogen) atoms. The molecule has 4 heteroatoms. The van der Waals surface area contributed by atoms with Crippen molar-refractivity contribution in [1.29, 1.82) is 0 Å². The topological polar surface area (TPSA) is 26.0 Å². The Balaban J connectivity index is 2.28. The van der Waals surface area contributed by atoms with Gasteiger partial charge in [0, 0.05) is 11.6 Å². The van der Waals surface area contributed by atoms with Gasteiger partial charge >= 0.3 is 0 Å². The molecule has 0 bridgehead atoms. The molecule has 1 aromatic carbocycles. The normalized spacial score (nSPS) is 12.6. The van der Waals surface area contributed by atoms with Gasteiger partial charge in [-0.25, -0.2) is 8.78 Å². The number of unbranched alkanes of at least 4 members (excludes halogenated alkanes) is 6. The molecule has 120 valence electrons. The lowest BCUT2D eigenvalue weighted by molar-refractivity contribution is 0.498. The number of benzene rings is 1. The smallest absolute Gasteiger partial charge is 0.143 e. The van der Waals surface area contributed by atoms with E-state index < -0.39 is 11.6 Å². The lowest BCUT2D eigenvalue weighted by atomic mass is 9.99. The molecule has 0 saturated carbocycles. The van der Waals surface area contributed by atoms with Gasteiger partial charge in [-0.1, -0.05) is 51.9 Å². The summed E-state index contributed by atoms with van der Waals surface area (Å²) in [6.45, 7) is 2.21. The summed E-state index contributed by atoms with van der Waals surface area (Å²) in [7, 11) is 0. The quantitative estimate of drug-likeness (QED) is 0.417. The van der Waals surface area contributed by atoms with E-state index in [2.05, 4.69) is 22.9 Å². The van der Waals surface area contributed by atoms with Gasteiger partial charge in [-0.05, 0) is 40.9 Å². The van der Waals surface area contributed by atoms with Gasteiger partial charge in [0.2, 0.25) is 0 Å². The minimum atomic E-state index is -0.523. The summed E-state index contributed by atoms with van der Waals surface area (Å²) < 4.78 is 27.8. The molecule has 1 rings (SSSR count). The molecule has 0 heterocycles. The zero-order valence-corrected chi connectivity index (χ0v) is 14.4. The largest absolute Gasteiger partial charge is 0.327 e. The van der Waals surface area contributed by atoms with E-state index in [1.807, 2.05) is 0 Å². The number of nitrogens with two attached hydrogens (primary N) is 1. The summed E-state index contributed by atoms with van der Waals surface area (Å²) in [5, 5.41) is 0. The molecule has 0 fully saturated rings. The first-order chi connectivity index (χ1) is 10.1. The minimum Gasteiger partial charge on any atom is -0.327 e. The molecule has 0 aliphatic rings. The van der Waals surface area contributed by atoms with Crippen molar-refractivity contribution in [1.82, 2.24) is 0 Å². The standard InChI is InChI=1S/C17H26BrF2N/c1-2-3-4-5-6-7-8-9-13(21)12-14-16(19)11-10-15(18)17(14)20/h10-11,13H,2-9,12,21H2,1H3. The van der Waals surface area contributed by atoms with Gasteiger partial charge in [-0.3, -0.25) is 0 Å². The van der Waals surface area contributed by atoms with Crippen molar-refractivity contribution in [3.63, 3.8) is 0 Å². The van der Waals surface area contributed by atoms with Crippen LogP contribution in [-0.2, 0) is 6.42 Å². The Hall–Kier alpha value is -0.480. The van der Waals surface area contributed by atoms with E-state index >= 15 is 0 Å². The van der Waals surface area contributed by atoms with Crippen LogP contribution in [0, 0.1) is 11.6 Å². The Kier molecular flexibility index (Phi) is 9.09. The third-order valence-electron chi connectivity index (χ3n) is 3.78. The van der Waals surface area contributed by atoms with Gasteiger partial charge in [0.15, 0.2) is 0 Å². The highest BCUT2D eigenvalue weighted by Crippen LogP contribution is 2.23. The predicted molar refractivity (Wildman–Crippen MR) is 88.3 cm³/mol. The Labute approximate surface area is 135 Å². The van der Waals surface area contributed by atoms with E-state index in [1.54, 1.807) is 0 Å². The van der Waals surface area contributed by atoms with Crippen LogP contribution in [0.4, 0.5) is 8.78 Å². The Bertz CT molecular complexity index is 423. The molecule has 0 saturated heterocycles. The van der Waals surface area contributed by atoms with Crippen molar-refractivity contribution in [2.75, 3.05) is 0 Å². The van der Waals surface area contributed by atoms with Crippen molar-refractivity contribution >= 4 is 15.9 Å². The number of halogens is 3. The van der Waals surface area contributed by atoms with E-state index in [1.165, 1.54) is 44.2 Å². The van der Waals surface area contributed by atoms with E-state index in [9.17, 15) is 8.78 Å². The van der Waals surface area contributed by atoms with E-state index in [0.717, 1.165) is 19.3 Å². The third kappa shape index (κ3) is 6.88. The summed E-state index contributed by atoms with van der Waals surface area (Å²) in [5.41, 5.74) is 6.10. The molecule has 0 aliphatic carbocycles. The lowest BCUT2D eigenvalue weighted by Gasteiger charge is -2.13. The van der Waals surface area contributed by atoms with Gasteiger partial charge in [-0.2, -0.15) is 0 Å². The molecule has 1 nitrogen and oxygen atoms in total. The molecule has 0 radical (unpaired) electrons. The molecular formula is C17H26BrF2N. The fourth-order valence-corrected chi connectivity index (χ4v) is 2.86. The van der Waals surface area contributed by atoms with Crippen molar-refractivity contribution in [3.8, 4) is 0 Å². The van der Waals surface area contributed by atoms with Gasteiger partial charge in [0.25, 0.3) is 0 Å². The molecule has 0 spiro atoms. The van der Waals surface area contributed by atoms with Gasteiger partial charge in [0.05, 0.1) is 4.47 Å². The van der Waals surface area contributed by atoms with Crippen molar-refractivity contribution in [2.24, 2.45) is 5.73 Å². The molecular weight excluding hydrogens is 336 g/mol. The van der Waals surface area contributed by atoms with Crippen molar-refractivity contribution in [3.05, 3.63) is 33.8 Å². The summed E-state index contributed by atoms with van der Waals surface area (Å²) in [6, 6.07) is 2.48. The average Bonchev–Trinajstić information content (AvgIpc) is 2.47. The van der Waals surface area contributed by atoms with Crippen LogP contribution in [0.1, 0.15) is 63.9 Å². The van der Waals surface area contributed by atoms with Crippen LogP contribution in [0.25, 0.3) is 0 Å². The van der Waals surface area contributed by atoms with E-state index in [-0.39, 0.29) is 18.0 Å². The summed E-state index contributed by atoms with van der Waals surface area (Å²) in [6.07, 6.45) is 9.63. The summed E-state index contributed by atoms with van der Waals surface area (Å²) in [5.74, 6) is -1.03. The maximum Gasteiger partial charge on any atom is 0.143 e. The second-order valence-electron chi connectivity index (χ2n) is 5.70. The zero-order valence-electron chi connectivity index (χ0n) is 12.8. The lowest BCUT2D eigenvalue weighted by Crippen LogP contribution is -2.24. The molecule has 2 N–H and O–H groups in total. The van der Waals surface area contributed by atoms with E-state index in [4.69, 9.17) is 5.73 Å². The molecule has 0 aromatic heterocycles. The zero-order chi connectivity index (χ0) is 15.7. The fraction of sp³-hybridized carbons (Fsp3) is 0.647. The SMILES string of the molecule is CCCCCCCCCC(N)Cc1c(F)ccc(Br)c1F. The number of rotatable bonds is 10. The Morgan fingerprint density at radius 1 is 1.05 bits per heavy atom. The highest BCUT2D eigenvalue weighted by molar-refractivity contribution is 9.10. The second-order valence-corrected chi connectivity index (χ2v) is 6.55. The Morgan fingerprint density at radius 3 is 2.33 bits per heavy atom. The molecule has 1 aromatic rings. The summed E-state index contributed by atoms with van der Waals surface area (Å²) in [4.78, 5) is 0. The maximum atomic E-state index is 13.8.